The molecule has 0 atom stereocenters. The Bertz CT molecular complexity index is 700. The highest BCUT2D eigenvalue weighted by Crippen LogP contribution is 2.27. The lowest BCUT2D eigenvalue weighted by molar-refractivity contribution is 0.0202. The fourth-order valence-electron chi connectivity index (χ4n) is 3.02. The van der Waals surface area contributed by atoms with E-state index in [1.807, 2.05) is 43.7 Å². The molecule has 1 aromatic heterocycles. The van der Waals surface area contributed by atoms with Gasteiger partial charge in [-0.15, -0.1) is 5.10 Å². The van der Waals surface area contributed by atoms with Crippen LogP contribution in [0.4, 0.5) is 4.79 Å². The van der Waals surface area contributed by atoms with Crippen LogP contribution in [-0.2, 0) is 11.3 Å². The zero-order chi connectivity index (χ0) is 17.9. The number of hydrogen-bond acceptors (Lipinski definition) is 5. The Labute approximate surface area is 148 Å². The average Bonchev–Trinajstić information content (AvgIpc) is 3.02. The van der Waals surface area contributed by atoms with E-state index in [9.17, 15) is 4.79 Å². The third kappa shape index (κ3) is 4.55. The lowest BCUT2D eigenvalue weighted by Crippen LogP contribution is -2.41. The first kappa shape index (κ1) is 17.4. The van der Waals surface area contributed by atoms with Gasteiger partial charge in [-0.1, -0.05) is 30.3 Å². The lowest BCUT2D eigenvalue weighted by Gasteiger charge is -2.32. The molecule has 134 valence electrons. The summed E-state index contributed by atoms with van der Waals surface area (Å²) in [5, 5.41) is 12.2. The van der Waals surface area contributed by atoms with E-state index in [2.05, 4.69) is 27.7 Å². The fraction of sp³-hybridized carbons (Fsp3) is 0.556. The minimum Gasteiger partial charge on any atom is -0.444 e. The molecule has 2 heterocycles. The van der Waals surface area contributed by atoms with E-state index >= 15 is 0 Å². The molecule has 0 radical (unpaired) electrons. The SMILES string of the molecule is CC(C)(C)OC(=O)N1CCC(c2nnnn2Cc2ccccc2)CC1. The summed E-state index contributed by atoms with van der Waals surface area (Å²) in [6, 6.07) is 10.2. The number of ether oxygens (including phenoxy) is 1. The van der Waals surface area contributed by atoms with E-state index in [4.69, 9.17) is 4.74 Å². The summed E-state index contributed by atoms with van der Waals surface area (Å²) in [4.78, 5) is 13.9. The van der Waals surface area contributed by atoms with Crippen LogP contribution in [0.25, 0.3) is 0 Å². The summed E-state index contributed by atoms with van der Waals surface area (Å²) in [5.41, 5.74) is 0.704. The Hall–Kier alpha value is -2.44. The third-order valence-corrected chi connectivity index (χ3v) is 4.25. The van der Waals surface area contributed by atoms with Crippen molar-refractivity contribution >= 4 is 6.09 Å². The second-order valence-electron chi connectivity index (χ2n) is 7.42. The molecule has 1 aliphatic heterocycles. The predicted octanol–water partition coefficient (Wildman–Crippen LogP) is 2.84. The number of tetrazole rings is 1. The molecule has 7 heteroatoms. The molecule has 0 bridgehead atoms. The van der Waals surface area contributed by atoms with Gasteiger partial charge in [0.15, 0.2) is 5.82 Å². The highest BCUT2D eigenvalue weighted by atomic mass is 16.6. The van der Waals surface area contributed by atoms with Crippen LogP contribution in [0.5, 0.6) is 0 Å². The van der Waals surface area contributed by atoms with Crippen molar-refractivity contribution in [3.8, 4) is 0 Å². The Morgan fingerprint density at radius 2 is 1.88 bits per heavy atom. The maximum Gasteiger partial charge on any atom is 0.410 e. The molecule has 0 aliphatic carbocycles. The topological polar surface area (TPSA) is 73.1 Å². The molecule has 25 heavy (non-hydrogen) atoms. The van der Waals surface area contributed by atoms with Crippen molar-refractivity contribution in [1.29, 1.82) is 0 Å². The number of rotatable bonds is 3. The zero-order valence-corrected chi connectivity index (χ0v) is 15.1. The van der Waals surface area contributed by atoms with Gasteiger partial charge in [-0.2, -0.15) is 0 Å². The number of carbonyl (C=O) groups is 1. The van der Waals surface area contributed by atoms with Gasteiger partial charge in [0.1, 0.15) is 5.60 Å². The van der Waals surface area contributed by atoms with Crippen LogP contribution in [0.15, 0.2) is 30.3 Å². The van der Waals surface area contributed by atoms with Crippen molar-refractivity contribution in [2.45, 2.75) is 51.7 Å². The molecule has 7 nitrogen and oxygen atoms in total. The smallest absolute Gasteiger partial charge is 0.410 e. The van der Waals surface area contributed by atoms with Gasteiger partial charge in [-0.25, -0.2) is 9.48 Å². The highest BCUT2D eigenvalue weighted by molar-refractivity contribution is 5.68. The fourth-order valence-corrected chi connectivity index (χ4v) is 3.02. The highest BCUT2D eigenvalue weighted by Gasteiger charge is 2.29. The van der Waals surface area contributed by atoms with Crippen LogP contribution in [0, 0.1) is 0 Å². The Morgan fingerprint density at radius 1 is 1.20 bits per heavy atom. The molecule has 0 saturated carbocycles. The average molecular weight is 343 g/mol. The van der Waals surface area contributed by atoms with Crippen molar-refractivity contribution in [2.24, 2.45) is 0 Å². The van der Waals surface area contributed by atoms with Gasteiger partial charge in [-0.05, 0) is 49.6 Å². The van der Waals surface area contributed by atoms with Crippen molar-refractivity contribution in [1.82, 2.24) is 25.1 Å². The standard InChI is InChI=1S/C18H25N5O2/c1-18(2,3)25-17(24)22-11-9-15(10-12-22)16-19-20-21-23(16)13-14-7-5-4-6-8-14/h4-8,15H,9-13H2,1-3H3. The van der Waals surface area contributed by atoms with Gasteiger partial charge >= 0.3 is 6.09 Å². The Kier molecular flexibility index (Phi) is 5.01. The van der Waals surface area contributed by atoms with Crippen LogP contribution in [0.3, 0.4) is 0 Å². The van der Waals surface area contributed by atoms with Crippen LogP contribution in [0.1, 0.15) is 50.9 Å². The summed E-state index contributed by atoms with van der Waals surface area (Å²) in [5.74, 6) is 1.16. The first-order valence-corrected chi connectivity index (χ1v) is 8.70. The van der Waals surface area contributed by atoms with E-state index in [0.29, 0.717) is 19.6 Å². The number of aromatic nitrogens is 4. The van der Waals surface area contributed by atoms with Gasteiger partial charge in [0.2, 0.25) is 0 Å². The maximum atomic E-state index is 12.2. The van der Waals surface area contributed by atoms with E-state index in [1.165, 1.54) is 5.56 Å². The van der Waals surface area contributed by atoms with Crippen molar-refractivity contribution in [2.75, 3.05) is 13.1 Å². The number of hydrogen-bond donors (Lipinski definition) is 0. The van der Waals surface area contributed by atoms with Crippen molar-refractivity contribution in [3.63, 3.8) is 0 Å². The van der Waals surface area contributed by atoms with Gasteiger partial charge < -0.3 is 9.64 Å². The molecule has 1 saturated heterocycles. The summed E-state index contributed by atoms with van der Waals surface area (Å²) in [7, 11) is 0. The minimum absolute atomic E-state index is 0.241. The van der Waals surface area contributed by atoms with Gasteiger partial charge in [0.25, 0.3) is 0 Å². The van der Waals surface area contributed by atoms with E-state index in [1.54, 1.807) is 4.90 Å². The number of amides is 1. The number of benzene rings is 1. The molecular weight excluding hydrogens is 318 g/mol. The number of nitrogens with zero attached hydrogens (tertiary/aromatic N) is 5. The normalized spacial score (nSPS) is 16.0. The molecule has 1 aromatic carbocycles. The second-order valence-corrected chi connectivity index (χ2v) is 7.42. The molecular formula is C18H25N5O2. The first-order chi connectivity index (χ1) is 11.9. The largest absolute Gasteiger partial charge is 0.444 e. The maximum absolute atomic E-state index is 12.2. The quantitative estimate of drug-likeness (QED) is 0.857. The molecule has 3 rings (SSSR count). The summed E-state index contributed by atoms with van der Waals surface area (Å²) in [6.07, 6.45) is 1.44. The van der Waals surface area contributed by atoms with Crippen LogP contribution in [0.2, 0.25) is 0 Å². The van der Waals surface area contributed by atoms with Gasteiger partial charge in [-0.3, -0.25) is 0 Å². The summed E-state index contributed by atoms with van der Waals surface area (Å²) < 4.78 is 7.31. The minimum atomic E-state index is -0.465. The number of piperidine rings is 1. The lowest BCUT2D eigenvalue weighted by atomic mass is 9.96. The Balaban J connectivity index is 1.60. The van der Waals surface area contributed by atoms with Gasteiger partial charge in [0, 0.05) is 19.0 Å². The number of likely N-dealkylation sites (tertiary alicyclic amines) is 1. The summed E-state index contributed by atoms with van der Waals surface area (Å²) in [6.45, 7) is 7.64. The van der Waals surface area contributed by atoms with Crippen molar-refractivity contribution in [3.05, 3.63) is 41.7 Å². The van der Waals surface area contributed by atoms with E-state index < -0.39 is 5.60 Å². The molecule has 1 amide bonds. The molecule has 1 fully saturated rings. The molecule has 2 aromatic rings. The Morgan fingerprint density at radius 3 is 2.52 bits per heavy atom. The van der Waals surface area contributed by atoms with Crippen molar-refractivity contribution < 1.29 is 9.53 Å². The predicted molar refractivity (Wildman–Crippen MR) is 93.1 cm³/mol. The second kappa shape index (κ2) is 7.21. The molecule has 1 aliphatic rings. The van der Waals surface area contributed by atoms with E-state index in [0.717, 1.165) is 18.7 Å². The molecule has 0 unspecified atom stereocenters. The zero-order valence-electron chi connectivity index (χ0n) is 15.1. The molecule has 0 N–H and O–H groups in total. The van der Waals surface area contributed by atoms with E-state index in [-0.39, 0.29) is 12.0 Å². The third-order valence-electron chi connectivity index (χ3n) is 4.25. The monoisotopic (exact) mass is 343 g/mol. The number of carbonyl (C=O) groups excluding carboxylic acids is 1. The van der Waals surface area contributed by atoms with Crippen LogP contribution < -0.4 is 0 Å². The molecule has 0 spiro atoms. The van der Waals surface area contributed by atoms with Crippen LogP contribution >= 0.6 is 0 Å². The summed E-state index contributed by atoms with van der Waals surface area (Å²) >= 11 is 0. The first-order valence-electron chi connectivity index (χ1n) is 8.70. The van der Waals surface area contributed by atoms with Gasteiger partial charge in [0.05, 0.1) is 6.54 Å². The van der Waals surface area contributed by atoms with Crippen LogP contribution in [-0.4, -0.2) is 49.9 Å².